The van der Waals surface area contributed by atoms with Crippen LogP contribution in [-0.2, 0) is 14.3 Å². The maximum absolute atomic E-state index is 12.0. The highest BCUT2D eigenvalue weighted by Crippen LogP contribution is 2.23. The third kappa shape index (κ3) is 3.68. The Morgan fingerprint density at radius 3 is 2.42 bits per heavy atom. The standard InChI is InChI=1S/C13H16ClNO4/c1-13(2,19-4)12(17)15-10-6-5-8(14)7-9(10)11(16)18-3/h5-7H,1-4H3,(H,15,17). The molecule has 1 aromatic rings. The third-order valence-electron chi connectivity index (χ3n) is 2.69. The van der Waals surface area contributed by atoms with Crippen molar-refractivity contribution in [1.82, 2.24) is 0 Å². The van der Waals surface area contributed by atoms with E-state index >= 15 is 0 Å². The minimum atomic E-state index is -1.01. The first-order valence-electron chi connectivity index (χ1n) is 5.56. The predicted molar refractivity (Wildman–Crippen MR) is 72.5 cm³/mol. The molecule has 0 heterocycles. The van der Waals surface area contributed by atoms with Gasteiger partial charge in [0.25, 0.3) is 5.91 Å². The summed E-state index contributed by atoms with van der Waals surface area (Å²) in [5, 5.41) is 3.00. The van der Waals surface area contributed by atoms with Crippen molar-refractivity contribution in [3.8, 4) is 0 Å². The van der Waals surface area contributed by atoms with Crippen molar-refractivity contribution in [3.63, 3.8) is 0 Å². The number of nitrogens with one attached hydrogen (secondary N) is 1. The van der Waals surface area contributed by atoms with Gasteiger partial charge >= 0.3 is 5.97 Å². The molecule has 0 saturated heterocycles. The molecule has 0 aliphatic heterocycles. The Kier molecular flexibility index (Phi) is 4.91. The second kappa shape index (κ2) is 6.04. The van der Waals surface area contributed by atoms with Crippen molar-refractivity contribution in [2.45, 2.75) is 19.4 Å². The molecule has 0 aromatic heterocycles. The van der Waals surface area contributed by atoms with Gasteiger partial charge in [0.1, 0.15) is 5.60 Å². The molecule has 0 unspecified atom stereocenters. The number of methoxy groups -OCH3 is 2. The highest BCUT2D eigenvalue weighted by Gasteiger charge is 2.28. The second-order valence-electron chi connectivity index (χ2n) is 4.35. The average Bonchev–Trinajstić information content (AvgIpc) is 2.39. The van der Waals surface area contributed by atoms with Gasteiger partial charge in [0.2, 0.25) is 0 Å². The number of carbonyl (C=O) groups is 2. The molecule has 1 aromatic carbocycles. The van der Waals surface area contributed by atoms with Crippen LogP contribution in [0.15, 0.2) is 18.2 Å². The minimum Gasteiger partial charge on any atom is -0.465 e. The fourth-order valence-electron chi connectivity index (χ4n) is 1.27. The molecule has 1 N–H and O–H groups in total. The van der Waals surface area contributed by atoms with Gasteiger partial charge in [-0.2, -0.15) is 0 Å². The van der Waals surface area contributed by atoms with Crippen molar-refractivity contribution < 1.29 is 19.1 Å². The number of carbonyl (C=O) groups excluding carboxylic acids is 2. The van der Waals surface area contributed by atoms with Crippen molar-refractivity contribution in [2.24, 2.45) is 0 Å². The summed E-state index contributed by atoms with van der Waals surface area (Å²) < 4.78 is 9.71. The van der Waals surface area contributed by atoms with Crippen LogP contribution >= 0.6 is 11.6 Å². The molecule has 104 valence electrons. The van der Waals surface area contributed by atoms with E-state index < -0.39 is 11.6 Å². The molecule has 0 atom stereocenters. The SMILES string of the molecule is COC(=O)c1cc(Cl)ccc1NC(=O)C(C)(C)OC. The summed E-state index contributed by atoms with van der Waals surface area (Å²) >= 11 is 5.83. The van der Waals surface area contributed by atoms with Gasteiger partial charge < -0.3 is 14.8 Å². The number of benzene rings is 1. The Morgan fingerprint density at radius 1 is 1.26 bits per heavy atom. The van der Waals surface area contributed by atoms with Crippen LogP contribution in [0.2, 0.25) is 5.02 Å². The Bertz CT molecular complexity index is 499. The molecule has 0 aliphatic rings. The van der Waals surface area contributed by atoms with E-state index in [1.54, 1.807) is 19.9 Å². The highest BCUT2D eigenvalue weighted by molar-refractivity contribution is 6.31. The number of hydrogen-bond donors (Lipinski definition) is 1. The summed E-state index contributed by atoms with van der Waals surface area (Å²) in [4.78, 5) is 23.6. The van der Waals surface area contributed by atoms with Gasteiger partial charge in [-0.25, -0.2) is 4.79 Å². The molecule has 0 spiro atoms. The van der Waals surface area contributed by atoms with E-state index in [1.807, 2.05) is 0 Å². The lowest BCUT2D eigenvalue weighted by atomic mass is 10.1. The van der Waals surface area contributed by atoms with Crippen LogP contribution in [0.1, 0.15) is 24.2 Å². The predicted octanol–water partition coefficient (Wildman–Crippen LogP) is 2.49. The van der Waals surface area contributed by atoms with E-state index in [2.05, 4.69) is 10.1 Å². The lowest BCUT2D eigenvalue weighted by molar-refractivity contribution is -0.133. The van der Waals surface area contributed by atoms with E-state index in [0.29, 0.717) is 10.7 Å². The van der Waals surface area contributed by atoms with Crippen LogP contribution < -0.4 is 5.32 Å². The number of ether oxygens (including phenoxy) is 2. The molecule has 1 amide bonds. The zero-order chi connectivity index (χ0) is 14.6. The van der Waals surface area contributed by atoms with Crippen LogP contribution in [0, 0.1) is 0 Å². The number of esters is 1. The zero-order valence-corrected chi connectivity index (χ0v) is 12.0. The topological polar surface area (TPSA) is 64.6 Å². The monoisotopic (exact) mass is 285 g/mol. The van der Waals surface area contributed by atoms with E-state index in [4.69, 9.17) is 16.3 Å². The first-order valence-corrected chi connectivity index (χ1v) is 5.94. The van der Waals surface area contributed by atoms with Gasteiger partial charge in [0, 0.05) is 12.1 Å². The molecule has 5 nitrogen and oxygen atoms in total. The fraction of sp³-hybridized carbons (Fsp3) is 0.385. The average molecular weight is 286 g/mol. The van der Waals surface area contributed by atoms with Crippen LogP contribution in [0.3, 0.4) is 0 Å². The van der Waals surface area contributed by atoms with Crippen LogP contribution in [0.25, 0.3) is 0 Å². The molecule has 0 saturated carbocycles. The second-order valence-corrected chi connectivity index (χ2v) is 4.79. The zero-order valence-electron chi connectivity index (χ0n) is 11.2. The number of amides is 1. The van der Waals surface area contributed by atoms with Crippen LogP contribution in [0.5, 0.6) is 0 Å². The largest absolute Gasteiger partial charge is 0.465 e. The summed E-state index contributed by atoms with van der Waals surface area (Å²) in [5.41, 5.74) is -0.492. The highest BCUT2D eigenvalue weighted by atomic mass is 35.5. The summed E-state index contributed by atoms with van der Waals surface area (Å²) in [6.45, 7) is 3.24. The maximum Gasteiger partial charge on any atom is 0.340 e. The van der Waals surface area contributed by atoms with Gasteiger partial charge in [-0.05, 0) is 32.0 Å². The van der Waals surface area contributed by atoms with Crippen molar-refractivity contribution in [1.29, 1.82) is 0 Å². The number of halogens is 1. The first kappa shape index (κ1) is 15.5. The third-order valence-corrected chi connectivity index (χ3v) is 2.93. The lowest BCUT2D eigenvalue weighted by Crippen LogP contribution is -2.39. The van der Waals surface area contributed by atoms with Gasteiger partial charge in [-0.3, -0.25) is 4.79 Å². The van der Waals surface area contributed by atoms with Gasteiger partial charge in [0.05, 0.1) is 18.4 Å². The Hall–Kier alpha value is -1.59. The van der Waals surface area contributed by atoms with E-state index in [9.17, 15) is 9.59 Å². The van der Waals surface area contributed by atoms with Gasteiger partial charge in [0.15, 0.2) is 0 Å². The number of hydrogen-bond acceptors (Lipinski definition) is 4. The van der Waals surface area contributed by atoms with Gasteiger partial charge in [-0.15, -0.1) is 0 Å². The van der Waals surface area contributed by atoms with Crippen molar-refractivity contribution in [2.75, 3.05) is 19.5 Å². The molecular weight excluding hydrogens is 270 g/mol. The summed E-state index contributed by atoms with van der Waals surface area (Å²) in [7, 11) is 2.69. The summed E-state index contributed by atoms with van der Waals surface area (Å²) in [5.74, 6) is -0.949. The molecule has 0 radical (unpaired) electrons. The van der Waals surface area contributed by atoms with E-state index in [0.717, 1.165) is 0 Å². The van der Waals surface area contributed by atoms with Gasteiger partial charge in [-0.1, -0.05) is 11.6 Å². The minimum absolute atomic E-state index is 0.190. The maximum atomic E-state index is 12.0. The van der Waals surface area contributed by atoms with Crippen LogP contribution in [0.4, 0.5) is 5.69 Å². The smallest absolute Gasteiger partial charge is 0.340 e. The summed E-state index contributed by atoms with van der Waals surface area (Å²) in [6, 6.07) is 4.55. The molecule has 0 fully saturated rings. The van der Waals surface area contributed by atoms with Crippen LogP contribution in [-0.4, -0.2) is 31.7 Å². The quantitative estimate of drug-likeness (QED) is 0.863. The molecular formula is C13H16ClNO4. The number of rotatable bonds is 4. The molecule has 6 heteroatoms. The molecule has 1 rings (SSSR count). The Labute approximate surface area is 116 Å². The van der Waals surface area contributed by atoms with E-state index in [-0.39, 0.29) is 11.5 Å². The summed E-state index contributed by atoms with van der Waals surface area (Å²) in [6.07, 6.45) is 0. The first-order chi connectivity index (χ1) is 8.81. The Balaban J connectivity index is 3.08. The molecule has 19 heavy (non-hydrogen) atoms. The lowest BCUT2D eigenvalue weighted by Gasteiger charge is -2.22. The molecule has 0 bridgehead atoms. The fourth-order valence-corrected chi connectivity index (χ4v) is 1.44. The van der Waals surface area contributed by atoms with Crippen molar-refractivity contribution >= 4 is 29.2 Å². The van der Waals surface area contributed by atoms with E-state index in [1.165, 1.54) is 26.4 Å². The number of anilines is 1. The van der Waals surface area contributed by atoms with Crippen molar-refractivity contribution in [3.05, 3.63) is 28.8 Å². The molecule has 0 aliphatic carbocycles. The normalized spacial score (nSPS) is 11.0. The Morgan fingerprint density at radius 2 is 1.89 bits per heavy atom.